The van der Waals surface area contributed by atoms with Crippen molar-refractivity contribution >= 4 is 11.0 Å². The molecule has 0 aliphatic rings. The number of fused-ring (bicyclic) bond motifs is 1. The number of pyridine rings is 1. The average molecular weight is 377 g/mol. The number of alkyl halides is 3. The standard InChI is InChI=1S/C18H8F5N3O/c19-11-5-1-9(2-6-11)13-15-16(26-27-25-15)14(24-17(13)18(21,22)23)10-3-7-12(20)8-4-10/h1-8H. The monoisotopic (exact) mass is 377 g/mol. The van der Waals surface area contributed by atoms with Gasteiger partial charge in [0.1, 0.15) is 22.8 Å². The molecule has 0 N–H and O–H groups in total. The van der Waals surface area contributed by atoms with Crippen LogP contribution in [0, 0.1) is 11.6 Å². The number of hydrogen-bond acceptors (Lipinski definition) is 4. The van der Waals surface area contributed by atoms with Crippen molar-refractivity contribution in [1.82, 2.24) is 15.3 Å². The topological polar surface area (TPSA) is 51.8 Å². The molecule has 2 heterocycles. The first-order chi connectivity index (χ1) is 12.8. The minimum Gasteiger partial charge on any atom is -0.243 e. The number of rotatable bonds is 2. The minimum atomic E-state index is -4.83. The Hall–Kier alpha value is -3.36. The van der Waals surface area contributed by atoms with Crippen LogP contribution in [0.5, 0.6) is 0 Å². The van der Waals surface area contributed by atoms with Gasteiger partial charge in [-0.3, -0.25) is 0 Å². The zero-order valence-electron chi connectivity index (χ0n) is 13.3. The molecule has 27 heavy (non-hydrogen) atoms. The SMILES string of the molecule is Fc1ccc(-c2nc(C(F)(F)F)c(-c3ccc(F)cc3)c3nonc23)cc1. The van der Waals surface area contributed by atoms with Crippen LogP contribution in [0.1, 0.15) is 5.69 Å². The van der Waals surface area contributed by atoms with Crippen molar-refractivity contribution in [2.75, 3.05) is 0 Å². The van der Waals surface area contributed by atoms with Crippen molar-refractivity contribution in [2.45, 2.75) is 6.18 Å². The van der Waals surface area contributed by atoms with E-state index in [0.717, 1.165) is 24.3 Å². The lowest BCUT2D eigenvalue weighted by Gasteiger charge is -2.14. The number of hydrogen-bond donors (Lipinski definition) is 0. The molecule has 4 nitrogen and oxygen atoms in total. The van der Waals surface area contributed by atoms with E-state index in [1.807, 2.05) is 0 Å². The summed E-state index contributed by atoms with van der Waals surface area (Å²) in [5, 5.41) is 7.26. The molecule has 4 rings (SSSR count). The molecule has 0 aliphatic carbocycles. The fourth-order valence-electron chi connectivity index (χ4n) is 2.74. The molecular formula is C18H8F5N3O. The molecule has 0 aliphatic heterocycles. The number of aromatic nitrogens is 3. The largest absolute Gasteiger partial charge is 0.434 e. The average Bonchev–Trinajstić information content (AvgIpc) is 3.11. The van der Waals surface area contributed by atoms with E-state index in [4.69, 9.17) is 0 Å². The molecule has 0 unspecified atom stereocenters. The van der Waals surface area contributed by atoms with Crippen LogP contribution in [0.2, 0.25) is 0 Å². The summed E-state index contributed by atoms with van der Waals surface area (Å²) in [6, 6.07) is 9.19. The summed E-state index contributed by atoms with van der Waals surface area (Å²) in [6.07, 6.45) is -4.83. The highest BCUT2D eigenvalue weighted by atomic mass is 19.4. The smallest absolute Gasteiger partial charge is 0.243 e. The van der Waals surface area contributed by atoms with Crippen molar-refractivity contribution in [3.8, 4) is 22.4 Å². The van der Waals surface area contributed by atoms with E-state index in [2.05, 4.69) is 19.9 Å². The van der Waals surface area contributed by atoms with Gasteiger partial charge in [0, 0.05) is 11.1 Å². The first-order valence-electron chi connectivity index (χ1n) is 7.60. The van der Waals surface area contributed by atoms with Gasteiger partial charge in [-0.15, -0.1) is 0 Å². The van der Waals surface area contributed by atoms with Gasteiger partial charge >= 0.3 is 6.18 Å². The molecule has 0 radical (unpaired) electrons. The Balaban J connectivity index is 2.07. The van der Waals surface area contributed by atoms with Gasteiger partial charge in [-0.25, -0.2) is 18.4 Å². The van der Waals surface area contributed by atoms with E-state index in [-0.39, 0.29) is 33.4 Å². The highest BCUT2D eigenvalue weighted by Gasteiger charge is 2.39. The summed E-state index contributed by atoms with van der Waals surface area (Å²) in [5.41, 5.74) is -1.67. The van der Waals surface area contributed by atoms with Crippen molar-refractivity contribution in [1.29, 1.82) is 0 Å². The molecule has 2 aromatic carbocycles. The Bertz CT molecular complexity index is 1120. The van der Waals surface area contributed by atoms with Crippen molar-refractivity contribution in [2.24, 2.45) is 0 Å². The maximum absolute atomic E-state index is 13.7. The van der Waals surface area contributed by atoms with Crippen LogP contribution in [0.15, 0.2) is 53.2 Å². The van der Waals surface area contributed by atoms with E-state index in [9.17, 15) is 22.0 Å². The maximum Gasteiger partial charge on any atom is 0.434 e. The molecule has 0 fully saturated rings. The Kier molecular flexibility index (Phi) is 3.87. The molecule has 2 aromatic heterocycles. The summed E-state index contributed by atoms with van der Waals surface area (Å²) < 4.78 is 72.2. The highest BCUT2D eigenvalue weighted by molar-refractivity contribution is 5.99. The van der Waals surface area contributed by atoms with E-state index in [0.29, 0.717) is 0 Å². The van der Waals surface area contributed by atoms with Crippen LogP contribution in [-0.2, 0) is 6.18 Å². The first-order valence-corrected chi connectivity index (χ1v) is 7.60. The van der Waals surface area contributed by atoms with Gasteiger partial charge in [0.15, 0.2) is 11.2 Å². The normalized spacial score (nSPS) is 11.9. The van der Waals surface area contributed by atoms with Gasteiger partial charge in [0.25, 0.3) is 0 Å². The molecular weight excluding hydrogens is 369 g/mol. The third-order valence-electron chi connectivity index (χ3n) is 3.93. The van der Waals surface area contributed by atoms with E-state index in [1.54, 1.807) is 0 Å². The lowest BCUT2D eigenvalue weighted by Crippen LogP contribution is -2.12. The van der Waals surface area contributed by atoms with Gasteiger partial charge in [0.2, 0.25) is 0 Å². The van der Waals surface area contributed by atoms with Crippen LogP contribution < -0.4 is 0 Å². The van der Waals surface area contributed by atoms with Crippen molar-refractivity contribution < 1.29 is 26.6 Å². The second-order valence-corrected chi connectivity index (χ2v) is 5.66. The lowest BCUT2D eigenvalue weighted by molar-refractivity contribution is -0.140. The van der Waals surface area contributed by atoms with Crippen LogP contribution >= 0.6 is 0 Å². The summed E-state index contributed by atoms with van der Waals surface area (Å²) in [4.78, 5) is 3.74. The van der Waals surface area contributed by atoms with Crippen LogP contribution in [0.4, 0.5) is 22.0 Å². The second kappa shape index (κ2) is 6.11. The Labute approximate surface area is 148 Å². The molecule has 0 atom stereocenters. The second-order valence-electron chi connectivity index (χ2n) is 5.66. The third kappa shape index (κ3) is 3.01. The molecule has 0 saturated heterocycles. The van der Waals surface area contributed by atoms with Crippen LogP contribution in [0.25, 0.3) is 33.4 Å². The van der Waals surface area contributed by atoms with Gasteiger partial charge < -0.3 is 0 Å². The third-order valence-corrected chi connectivity index (χ3v) is 3.93. The predicted octanol–water partition coefficient (Wildman–Crippen LogP) is 5.25. The fraction of sp³-hybridized carbons (Fsp3) is 0.0556. The minimum absolute atomic E-state index is 0.0195. The Morgan fingerprint density at radius 2 is 1.22 bits per heavy atom. The molecule has 0 bridgehead atoms. The zero-order chi connectivity index (χ0) is 19.2. The van der Waals surface area contributed by atoms with Gasteiger partial charge in [-0.05, 0) is 52.3 Å². The van der Waals surface area contributed by atoms with Gasteiger partial charge in [-0.2, -0.15) is 13.2 Å². The van der Waals surface area contributed by atoms with E-state index in [1.165, 1.54) is 24.3 Å². The maximum atomic E-state index is 13.7. The summed E-state index contributed by atoms with van der Waals surface area (Å²) in [6.45, 7) is 0. The lowest BCUT2D eigenvalue weighted by atomic mass is 9.99. The summed E-state index contributed by atoms with van der Waals surface area (Å²) in [5.74, 6) is -1.15. The summed E-state index contributed by atoms with van der Waals surface area (Å²) >= 11 is 0. The molecule has 4 aromatic rings. The number of halogens is 5. The van der Waals surface area contributed by atoms with Crippen LogP contribution in [0.3, 0.4) is 0 Å². The molecule has 0 spiro atoms. The molecule has 136 valence electrons. The summed E-state index contributed by atoms with van der Waals surface area (Å²) in [7, 11) is 0. The first kappa shape index (κ1) is 17.1. The van der Waals surface area contributed by atoms with Gasteiger partial charge in [-0.1, -0.05) is 12.1 Å². The van der Waals surface area contributed by atoms with Gasteiger partial charge in [0.05, 0.1) is 0 Å². The highest BCUT2D eigenvalue weighted by Crippen LogP contribution is 2.41. The molecule has 0 saturated carbocycles. The molecule has 0 amide bonds. The quantitative estimate of drug-likeness (QED) is 0.448. The van der Waals surface area contributed by atoms with Crippen molar-refractivity contribution in [3.05, 3.63) is 65.9 Å². The van der Waals surface area contributed by atoms with Crippen LogP contribution in [-0.4, -0.2) is 15.3 Å². The van der Waals surface area contributed by atoms with Crippen molar-refractivity contribution in [3.63, 3.8) is 0 Å². The Morgan fingerprint density at radius 3 is 1.78 bits per heavy atom. The molecule has 9 heteroatoms. The number of benzene rings is 2. The van der Waals surface area contributed by atoms with E-state index < -0.39 is 23.5 Å². The Morgan fingerprint density at radius 1 is 0.704 bits per heavy atom. The van der Waals surface area contributed by atoms with E-state index >= 15 is 0 Å². The zero-order valence-corrected chi connectivity index (χ0v) is 13.3. The fourth-order valence-corrected chi connectivity index (χ4v) is 2.74. The number of nitrogens with zero attached hydrogens (tertiary/aromatic N) is 3. The predicted molar refractivity (Wildman–Crippen MR) is 85.4 cm³/mol.